The van der Waals surface area contributed by atoms with Crippen molar-refractivity contribution < 1.29 is 8.42 Å². The van der Waals surface area contributed by atoms with Gasteiger partial charge in [-0.15, -0.1) is 11.3 Å². The zero-order valence-corrected chi connectivity index (χ0v) is 13.7. The summed E-state index contributed by atoms with van der Waals surface area (Å²) in [4.78, 5) is 3.95. The Bertz CT molecular complexity index is 696. The molecular formula is C14H19N3O2S2. The third-order valence-electron chi connectivity index (χ3n) is 2.92. The van der Waals surface area contributed by atoms with Gasteiger partial charge in [0.25, 0.3) is 10.0 Å². The zero-order valence-electron chi connectivity index (χ0n) is 12.1. The lowest BCUT2D eigenvalue weighted by atomic mass is 10.3. The number of rotatable bonds is 7. The van der Waals surface area contributed by atoms with E-state index in [4.69, 9.17) is 0 Å². The molecule has 114 valence electrons. The van der Waals surface area contributed by atoms with Gasteiger partial charge < -0.3 is 5.32 Å². The number of aromatic nitrogens is 1. The summed E-state index contributed by atoms with van der Waals surface area (Å²) in [5.74, 6) is 0. The number of nitrogens with zero attached hydrogens (tertiary/aromatic N) is 1. The maximum atomic E-state index is 12.4. The van der Waals surface area contributed by atoms with E-state index in [2.05, 4.69) is 21.9 Å². The molecule has 0 aliphatic carbocycles. The molecule has 0 fully saturated rings. The summed E-state index contributed by atoms with van der Waals surface area (Å²) in [5.41, 5.74) is 2.34. The molecule has 7 heteroatoms. The number of pyridine rings is 1. The van der Waals surface area contributed by atoms with E-state index in [1.165, 1.54) is 11.3 Å². The van der Waals surface area contributed by atoms with E-state index in [0.717, 1.165) is 24.1 Å². The highest BCUT2D eigenvalue weighted by Crippen LogP contribution is 2.24. The largest absolute Gasteiger partial charge is 0.313 e. The van der Waals surface area contributed by atoms with Crippen LogP contribution in [0.3, 0.4) is 0 Å². The summed E-state index contributed by atoms with van der Waals surface area (Å²) >= 11 is 1.23. The summed E-state index contributed by atoms with van der Waals surface area (Å²) in [5, 5.41) is 5.13. The van der Waals surface area contributed by atoms with E-state index >= 15 is 0 Å². The second kappa shape index (κ2) is 7.02. The van der Waals surface area contributed by atoms with Gasteiger partial charge in [-0.3, -0.25) is 9.71 Å². The summed E-state index contributed by atoms with van der Waals surface area (Å²) in [6.07, 6.45) is 4.25. The van der Waals surface area contributed by atoms with Crippen molar-refractivity contribution in [1.29, 1.82) is 0 Å². The van der Waals surface area contributed by atoms with Gasteiger partial charge in [-0.05, 0) is 48.5 Å². The number of thiophene rings is 1. The lowest BCUT2D eigenvalue weighted by molar-refractivity contribution is 0.603. The van der Waals surface area contributed by atoms with Crippen LogP contribution in [0.1, 0.15) is 24.5 Å². The molecule has 0 amide bonds. The monoisotopic (exact) mass is 325 g/mol. The van der Waals surface area contributed by atoms with Gasteiger partial charge in [-0.1, -0.05) is 6.92 Å². The SMILES string of the molecule is CCCNCc1csc(S(=O)(=O)Nc2ccncc2C)c1. The van der Waals surface area contributed by atoms with Crippen molar-refractivity contribution in [2.24, 2.45) is 0 Å². The quantitative estimate of drug-likeness (QED) is 0.768. The van der Waals surface area contributed by atoms with Gasteiger partial charge in [0.1, 0.15) is 4.21 Å². The van der Waals surface area contributed by atoms with Crippen molar-refractivity contribution in [3.05, 3.63) is 41.0 Å². The molecule has 2 aromatic rings. The Morgan fingerprint density at radius 3 is 2.90 bits per heavy atom. The molecule has 0 unspecified atom stereocenters. The van der Waals surface area contributed by atoms with Crippen LogP contribution in [0.2, 0.25) is 0 Å². The van der Waals surface area contributed by atoms with Gasteiger partial charge in [0.2, 0.25) is 0 Å². The van der Waals surface area contributed by atoms with Crippen molar-refractivity contribution >= 4 is 27.0 Å². The Morgan fingerprint density at radius 2 is 2.19 bits per heavy atom. The fourth-order valence-corrected chi connectivity index (χ4v) is 4.12. The molecule has 0 aliphatic rings. The minimum Gasteiger partial charge on any atom is -0.313 e. The minimum absolute atomic E-state index is 0.326. The summed E-state index contributed by atoms with van der Waals surface area (Å²) in [7, 11) is -3.53. The highest BCUT2D eigenvalue weighted by molar-refractivity contribution is 7.94. The van der Waals surface area contributed by atoms with Crippen LogP contribution in [0.5, 0.6) is 0 Å². The molecule has 2 aromatic heterocycles. The van der Waals surface area contributed by atoms with Crippen molar-refractivity contribution in [3.8, 4) is 0 Å². The first-order valence-corrected chi connectivity index (χ1v) is 9.11. The normalized spacial score (nSPS) is 11.5. The Morgan fingerprint density at radius 1 is 1.38 bits per heavy atom. The molecule has 0 spiro atoms. The number of anilines is 1. The van der Waals surface area contributed by atoms with Crippen LogP contribution in [0.4, 0.5) is 5.69 Å². The van der Waals surface area contributed by atoms with Crippen LogP contribution < -0.4 is 10.0 Å². The Kier molecular flexibility index (Phi) is 5.33. The average Bonchev–Trinajstić information content (AvgIpc) is 2.91. The third-order valence-corrected chi connectivity index (χ3v) is 5.77. The lowest BCUT2D eigenvalue weighted by Crippen LogP contribution is -2.14. The number of hydrogen-bond acceptors (Lipinski definition) is 5. The minimum atomic E-state index is -3.53. The smallest absolute Gasteiger partial charge is 0.271 e. The van der Waals surface area contributed by atoms with Gasteiger partial charge in [0.15, 0.2) is 0 Å². The van der Waals surface area contributed by atoms with E-state index < -0.39 is 10.0 Å². The molecule has 0 radical (unpaired) electrons. The first-order chi connectivity index (χ1) is 10.0. The fourth-order valence-electron chi connectivity index (χ4n) is 1.78. The molecule has 2 N–H and O–H groups in total. The van der Waals surface area contributed by atoms with Crippen LogP contribution in [-0.2, 0) is 16.6 Å². The predicted molar refractivity (Wildman–Crippen MR) is 86.1 cm³/mol. The predicted octanol–water partition coefficient (Wildman–Crippen LogP) is 2.75. The van der Waals surface area contributed by atoms with Gasteiger partial charge in [0, 0.05) is 18.9 Å². The van der Waals surface area contributed by atoms with Crippen LogP contribution in [-0.4, -0.2) is 19.9 Å². The van der Waals surface area contributed by atoms with Crippen LogP contribution in [0, 0.1) is 6.92 Å². The van der Waals surface area contributed by atoms with Gasteiger partial charge in [-0.2, -0.15) is 0 Å². The highest BCUT2D eigenvalue weighted by Gasteiger charge is 2.17. The fraction of sp³-hybridized carbons (Fsp3) is 0.357. The topological polar surface area (TPSA) is 71.1 Å². The van der Waals surface area contributed by atoms with E-state index in [1.54, 1.807) is 24.5 Å². The molecule has 0 saturated heterocycles. The first-order valence-electron chi connectivity index (χ1n) is 6.74. The van der Waals surface area contributed by atoms with E-state index in [9.17, 15) is 8.42 Å². The maximum Gasteiger partial charge on any atom is 0.271 e. The van der Waals surface area contributed by atoms with Crippen LogP contribution in [0.25, 0.3) is 0 Å². The van der Waals surface area contributed by atoms with Crippen molar-refractivity contribution in [1.82, 2.24) is 10.3 Å². The molecule has 0 aliphatic heterocycles. The number of hydrogen-bond donors (Lipinski definition) is 2. The van der Waals surface area contributed by atoms with Crippen molar-refractivity contribution in [3.63, 3.8) is 0 Å². The number of aryl methyl sites for hydroxylation is 1. The third kappa shape index (κ3) is 4.26. The number of sulfonamides is 1. The van der Waals surface area contributed by atoms with Gasteiger partial charge in [-0.25, -0.2) is 8.42 Å². The summed E-state index contributed by atoms with van der Waals surface area (Å²) in [6, 6.07) is 3.37. The Balaban J connectivity index is 2.11. The molecule has 5 nitrogen and oxygen atoms in total. The van der Waals surface area contributed by atoms with E-state index in [-0.39, 0.29) is 0 Å². The summed E-state index contributed by atoms with van der Waals surface area (Å²) in [6.45, 7) is 5.53. The van der Waals surface area contributed by atoms with Crippen LogP contribution >= 0.6 is 11.3 Å². The maximum absolute atomic E-state index is 12.4. The Hall–Kier alpha value is -1.44. The van der Waals surface area contributed by atoms with Gasteiger partial charge >= 0.3 is 0 Å². The summed E-state index contributed by atoms with van der Waals surface area (Å²) < 4.78 is 27.6. The van der Waals surface area contributed by atoms with Crippen molar-refractivity contribution in [2.45, 2.75) is 31.0 Å². The molecule has 0 saturated carbocycles. The molecule has 0 atom stereocenters. The molecule has 2 rings (SSSR count). The average molecular weight is 325 g/mol. The molecule has 2 heterocycles. The standard InChI is InChI=1S/C14H19N3O2S2/c1-3-5-15-9-12-7-14(20-10-12)21(18,19)17-13-4-6-16-8-11(13)2/h4,6-8,10,15H,3,5,9H2,1-2H3,(H,16,17). The second-order valence-electron chi connectivity index (χ2n) is 4.75. The van der Waals surface area contributed by atoms with E-state index in [0.29, 0.717) is 16.4 Å². The van der Waals surface area contributed by atoms with E-state index in [1.807, 2.05) is 12.3 Å². The van der Waals surface area contributed by atoms with Crippen LogP contribution in [0.15, 0.2) is 34.1 Å². The highest BCUT2D eigenvalue weighted by atomic mass is 32.2. The molecule has 0 aromatic carbocycles. The second-order valence-corrected chi connectivity index (χ2v) is 7.57. The molecule has 0 bridgehead atoms. The first kappa shape index (κ1) is 15.9. The van der Waals surface area contributed by atoms with Gasteiger partial charge in [0.05, 0.1) is 5.69 Å². The van der Waals surface area contributed by atoms with Crippen molar-refractivity contribution in [2.75, 3.05) is 11.3 Å². The number of nitrogens with one attached hydrogen (secondary N) is 2. The molecule has 21 heavy (non-hydrogen) atoms. The molecular weight excluding hydrogens is 306 g/mol. The lowest BCUT2D eigenvalue weighted by Gasteiger charge is -2.08. The Labute approximate surface area is 129 Å². The zero-order chi connectivity index (χ0) is 15.3.